The van der Waals surface area contributed by atoms with E-state index in [1.807, 2.05) is 42.1 Å². The van der Waals surface area contributed by atoms with Crippen LogP contribution in [0.15, 0.2) is 30.5 Å². The second-order valence-corrected chi connectivity index (χ2v) is 4.76. The van der Waals surface area contributed by atoms with Gasteiger partial charge in [-0.3, -0.25) is 4.18 Å². The molecule has 6 heteroatoms. The van der Waals surface area contributed by atoms with E-state index in [1.54, 1.807) is 0 Å². The minimum absolute atomic E-state index is 0.0415. The molecule has 2 N–H and O–H groups in total. The third-order valence-corrected chi connectivity index (χ3v) is 2.80. The predicted octanol–water partition coefficient (Wildman–Crippen LogP) is 0.898. The van der Waals surface area contributed by atoms with Crippen molar-refractivity contribution in [3.8, 4) is 0 Å². The molecule has 2 rings (SSSR count). The molecule has 0 atom stereocenters. The first kappa shape index (κ1) is 11.1. The highest BCUT2D eigenvalue weighted by Crippen LogP contribution is 2.20. The maximum Gasteiger partial charge on any atom is 0.333 e. The van der Waals surface area contributed by atoms with Gasteiger partial charge in [-0.15, -0.1) is 0 Å². The van der Waals surface area contributed by atoms with Crippen molar-refractivity contribution in [2.75, 3.05) is 0 Å². The Morgan fingerprint density at radius 2 is 2.06 bits per heavy atom. The summed E-state index contributed by atoms with van der Waals surface area (Å²) in [6, 6.07) is 7.68. The minimum atomic E-state index is -3.89. The van der Waals surface area contributed by atoms with Gasteiger partial charge < -0.3 is 4.57 Å². The smallest absolute Gasteiger partial charge is 0.333 e. The lowest BCUT2D eigenvalue weighted by atomic mass is 10.2. The predicted molar refractivity (Wildman–Crippen MR) is 60.8 cm³/mol. The number of fused-ring (bicyclic) bond motifs is 1. The van der Waals surface area contributed by atoms with Gasteiger partial charge in [-0.2, -0.15) is 8.42 Å². The number of nitrogens with two attached hydrogens (primary N) is 1. The first-order valence-corrected chi connectivity index (χ1v) is 6.14. The molecule has 0 bridgehead atoms. The average molecular weight is 240 g/mol. The molecule has 0 spiro atoms. The van der Waals surface area contributed by atoms with Crippen LogP contribution in [0.4, 0.5) is 0 Å². The Hall–Kier alpha value is -1.37. The van der Waals surface area contributed by atoms with Crippen LogP contribution >= 0.6 is 0 Å². The SMILES string of the molecule is Cn1cc(COS(N)(=O)=O)c2ccccc21. The van der Waals surface area contributed by atoms with Gasteiger partial charge in [-0.25, -0.2) is 5.14 Å². The van der Waals surface area contributed by atoms with Crippen LogP contribution in [0.2, 0.25) is 0 Å². The third-order valence-electron chi connectivity index (χ3n) is 2.36. The lowest BCUT2D eigenvalue weighted by Gasteiger charge is -1.98. The summed E-state index contributed by atoms with van der Waals surface area (Å²) in [5.74, 6) is 0. The quantitative estimate of drug-likeness (QED) is 0.866. The molecule has 1 aromatic heterocycles. The molecular formula is C10H12N2O3S. The number of hydrogen-bond donors (Lipinski definition) is 1. The normalized spacial score (nSPS) is 12.1. The Morgan fingerprint density at radius 3 is 2.75 bits per heavy atom. The number of aromatic nitrogens is 1. The maximum absolute atomic E-state index is 10.7. The Labute approximate surface area is 93.7 Å². The van der Waals surface area contributed by atoms with Crippen LogP contribution in [0.5, 0.6) is 0 Å². The largest absolute Gasteiger partial charge is 0.350 e. The summed E-state index contributed by atoms with van der Waals surface area (Å²) < 4.78 is 27.9. The third kappa shape index (κ3) is 2.24. The molecule has 0 aliphatic heterocycles. The van der Waals surface area contributed by atoms with Crippen LogP contribution in [-0.4, -0.2) is 13.0 Å². The second kappa shape index (κ2) is 3.89. The summed E-state index contributed by atoms with van der Waals surface area (Å²) in [6.45, 7) is -0.0415. The highest BCUT2D eigenvalue weighted by Gasteiger charge is 2.09. The molecule has 1 heterocycles. The van der Waals surface area contributed by atoms with Gasteiger partial charge in [0.25, 0.3) is 0 Å². The maximum atomic E-state index is 10.7. The zero-order valence-corrected chi connectivity index (χ0v) is 9.57. The topological polar surface area (TPSA) is 74.3 Å². The van der Waals surface area contributed by atoms with Crippen molar-refractivity contribution in [2.24, 2.45) is 12.2 Å². The molecule has 0 saturated carbocycles. The molecule has 0 amide bonds. The molecule has 5 nitrogen and oxygen atoms in total. The summed E-state index contributed by atoms with van der Waals surface area (Å²) in [7, 11) is -2.00. The van der Waals surface area contributed by atoms with E-state index in [2.05, 4.69) is 4.18 Å². The molecule has 0 fully saturated rings. The van der Waals surface area contributed by atoms with Gasteiger partial charge in [0.2, 0.25) is 0 Å². The summed E-state index contributed by atoms with van der Waals surface area (Å²) in [4.78, 5) is 0. The summed E-state index contributed by atoms with van der Waals surface area (Å²) in [5, 5.41) is 5.74. The molecule has 16 heavy (non-hydrogen) atoms. The van der Waals surface area contributed by atoms with E-state index in [0.717, 1.165) is 16.5 Å². The van der Waals surface area contributed by atoms with Crippen molar-refractivity contribution in [1.82, 2.24) is 4.57 Å². The second-order valence-electron chi connectivity index (χ2n) is 3.54. The van der Waals surface area contributed by atoms with Gasteiger partial charge in [0.1, 0.15) is 0 Å². The molecule has 0 aliphatic rings. The van der Waals surface area contributed by atoms with Crippen molar-refractivity contribution < 1.29 is 12.6 Å². The van der Waals surface area contributed by atoms with Crippen LogP contribution in [0, 0.1) is 0 Å². The van der Waals surface area contributed by atoms with Crippen LogP contribution in [0.1, 0.15) is 5.56 Å². The summed E-state index contributed by atoms with van der Waals surface area (Å²) in [5.41, 5.74) is 1.82. The molecule has 0 radical (unpaired) electrons. The lowest BCUT2D eigenvalue weighted by Crippen LogP contribution is -2.15. The fraction of sp³-hybridized carbons (Fsp3) is 0.200. The van der Waals surface area contributed by atoms with Gasteiger partial charge >= 0.3 is 10.3 Å². The van der Waals surface area contributed by atoms with Gasteiger partial charge in [0.05, 0.1) is 6.61 Å². The van der Waals surface area contributed by atoms with Gasteiger partial charge in [-0.05, 0) is 6.07 Å². The van der Waals surface area contributed by atoms with E-state index in [-0.39, 0.29) is 6.61 Å². The standard InChI is InChI=1S/C10H12N2O3S/c1-12-6-8(7-15-16(11,13)14)9-4-2-3-5-10(9)12/h2-6H,7H2,1H3,(H2,11,13,14). The zero-order valence-electron chi connectivity index (χ0n) is 8.75. The number of rotatable bonds is 3. The highest BCUT2D eigenvalue weighted by molar-refractivity contribution is 7.84. The molecule has 0 saturated heterocycles. The van der Waals surface area contributed by atoms with Gasteiger partial charge in [0, 0.05) is 29.7 Å². The fourth-order valence-electron chi connectivity index (χ4n) is 1.69. The van der Waals surface area contributed by atoms with Crippen molar-refractivity contribution >= 4 is 21.2 Å². The number of para-hydroxylation sites is 1. The Morgan fingerprint density at radius 1 is 1.38 bits per heavy atom. The summed E-state index contributed by atoms with van der Waals surface area (Å²) >= 11 is 0. The molecular weight excluding hydrogens is 228 g/mol. The Balaban J connectivity index is 2.38. The monoisotopic (exact) mass is 240 g/mol. The van der Waals surface area contributed by atoms with E-state index in [9.17, 15) is 8.42 Å². The van der Waals surface area contributed by atoms with E-state index in [0.29, 0.717) is 0 Å². The van der Waals surface area contributed by atoms with Crippen LogP contribution in [0.25, 0.3) is 10.9 Å². The van der Waals surface area contributed by atoms with Crippen LogP contribution < -0.4 is 5.14 Å². The molecule has 86 valence electrons. The Bertz CT molecular complexity index is 616. The van der Waals surface area contributed by atoms with E-state index in [4.69, 9.17) is 5.14 Å². The first-order valence-electron chi connectivity index (χ1n) is 4.67. The fourth-order valence-corrected chi connectivity index (χ4v) is 1.98. The van der Waals surface area contributed by atoms with Gasteiger partial charge in [0.15, 0.2) is 0 Å². The van der Waals surface area contributed by atoms with E-state index < -0.39 is 10.3 Å². The molecule has 2 aromatic rings. The highest BCUT2D eigenvalue weighted by atomic mass is 32.2. The van der Waals surface area contributed by atoms with Crippen LogP contribution in [-0.2, 0) is 28.1 Å². The minimum Gasteiger partial charge on any atom is -0.350 e. The lowest BCUT2D eigenvalue weighted by molar-refractivity contribution is 0.309. The number of nitrogens with zero attached hydrogens (tertiary/aromatic N) is 1. The number of benzene rings is 1. The van der Waals surface area contributed by atoms with E-state index in [1.165, 1.54) is 0 Å². The number of aryl methyl sites for hydroxylation is 1. The zero-order chi connectivity index (χ0) is 11.8. The van der Waals surface area contributed by atoms with Crippen molar-refractivity contribution in [3.05, 3.63) is 36.0 Å². The molecule has 1 aromatic carbocycles. The van der Waals surface area contributed by atoms with Crippen molar-refractivity contribution in [2.45, 2.75) is 6.61 Å². The molecule has 0 unspecified atom stereocenters. The molecule has 0 aliphatic carbocycles. The average Bonchev–Trinajstić information content (AvgIpc) is 2.53. The summed E-state index contributed by atoms with van der Waals surface area (Å²) in [6.07, 6.45) is 1.83. The van der Waals surface area contributed by atoms with E-state index >= 15 is 0 Å². The number of hydrogen-bond acceptors (Lipinski definition) is 3. The van der Waals surface area contributed by atoms with Crippen LogP contribution in [0.3, 0.4) is 0 Å². The first-order chi connectivity index (χ1) is 7.47. The Kier molecular flexibility index (Phi) is 2.71. The van der Waals surface area contributed by atoms with Crippen molar-refractivity contribution in [1.29, 1.82) is 0 Å². The van der Waals surface area contributed by atoms with Gasteiger partial charge in [-0.1, -0.05) is 18.2 Å². The van der Waals surface area contributed by atoms with Crippen molar-refractivity contribution in [3.63, 3.8) is 0 Å².